The van der Waals surface area contributed by atoms with Crippen molar-refractivity contribution in [3.63, 3.8) is 0 Å². The van der Waals surface area contributed by atoms with Crippen molar-refractivity contribution in [3.8, 4) is 0 Å². The van der Waals surface area contributed by atoms with Gasteiger partial charge in [-0.05, 0) is 6.07 Å². The molecule has 0 unspecified atom stereocenters. The fraction of sp³-hybridized carbons (Fsp3) is 0.400. The maximum absolute atomic E-state index is 11.0. The number of anilines is 2. The number of nitrogens with zero attached hydrogens (tertiary/aromatic N) is 2. The molecule has 1 aromatic rings. The Labute approximate surface area is 93.6 Å². The molecule has 0 aromatic carbocycles. The van der Waals surface area contributed by atoms with Gasteiger partial charge >= 0.3 is 5.97 Å². The zero-order chi connectivity index (χ0) is 12.1. The molecule has 3 N–H and O–H groups in total. The standard InChI is InChI=1S/C10H15N3O3/c1-13(3-4-16-2)9-8(10(14)15)5-7(11)6-12-9/h5-6H,3-4,11H2,1-2H3,(H,14,15). The average Bonchev–Trinajstić information content (AvgIpc) is 2.25. The molecule has 0 atom stereocenters. The molecular formula is C10H15N3O3. The highest BCUT2D eigenvalue weighted by molar-refractivity contribution is 5.94. The Morgan fingerprint density at radius 1 is 1.69 bits per heavy atom. The summed E-state index contributed by atoms with van der Waals surface area (Å²) in [5, 5.41) is 9.01. The van der Waals surface area contributed by atoms with E-state index < -0.39 is 5.97 Å². The summed E-state index contributed by atoms with van der Waals surface area (Å²) in [6.45, 7) is 1.06. The molecule has 0 aliphatic carbocycles. The number of aromatic nitrogens is 1. The number of ether oxygens (including phenoxy) is 1. The normalized spacial score (nSPS) is 10.1. The van der Waals surface area contributed by atoms with Crippen molar-refractivity contribution < 1.29 is 14.6 Å². The number of hydrogen-bond acceptors (Lipinski definition) is 5. The molecule has 1 heterocycles. The summed E-state index contributed by atoms with van der Waals surface area (Å²) in [7, 11) is 3.34. The van der Waals surface area contributed by atoms with Crippen LogP contribution in [0.5, 0.6) is 0 Å². The highest BCUT2D eigenvalue weighted by atomic mass is 16.5. The van der Waals surface area contributed by atoms with Gasteiger partial charge in [-0.3, -0.25) is 0 Å². The van der Waals surface area contributed by atoms with Gasteiger partial charge in [0.1, 0.15) is 11.4 Å². The van der Waals surface area contributed by atoms with E-state index in [9.17, 15) is 4.79 Å². The van der Waals surface area contributed by atoms with Gasteiger partial charge < -0.3 is 20.5 Å². The molecule has 0 amide bonds. The molecule has 0 saturated heterocycles. The summed E-state index contributed by atoms with van der Waals surface area (Å²) in [5.74, 6) is -0.655. The third-order valence-electron chi connectivity index (χ3n) is 2.11. The lowest BCUT2D eigenvalue weighted by atomic mass is 10.2. The first-order valence-corrected chi connectivity index (χ1v) is 4.75. The lowest BCUT2D eigenvalue weighted by Gasteiger charge is -2.19. The fourth-order valence-corrected chi connectivity index (χ4v) is 1.27. The Morgan fingerprint density at radius 3 is 2.94 bits per heavy atom. The first-order chi connectivity index (χ1) is 7.56. The van der Waals surface area contributed by atoms with E-state index in [1.54, 1.807) is 19.1 Å². The van der Waals surface area contributed by atoms with E-state index in [1.165, 1.54) is 12.3 Å². The number of rotatable bonds is 5. The van der Waals surface area contributed by atoms with Crippen molar-refractivity contribution in [3.05, 3.63) is 17.8 Å². The number of nitrogens with two attached hydrogens (primary N) is 1. The van der Waals surface area contributed by atoms with Crippen LogP contribution >= 0.6 is 0 Å². The monoisotopic (exact) mass is 225 g/mol. The second-order valence-corrected chi connectivity index (χ2v) is 3.36. The predicted octanol–water partition coefficient (Wildman–Crippen LogP) is 0.445. The zero-order valence-electron chi connectivity index (χ0n) is 9.30. The highest BCUT2D eigenvalue weighted by Crippen LogP contribution is 2.18. The summed E-state index contributed by atoms with van der Waals surface area (Å²) in [6, 6.07) is 1.40. The third kappa shape index (κ3) is 2.83. The van der Waals surface area contributed by atoms with Crippen LogP contribution in [0.3, 0.4) is 0 Å². The van der Waals surface area contributed by atoms with Crippen LogP contribution in [0.4, 0.5) is 11.5 Å². The lowest BCUT2D eigenvalue weighted by Crippen LogP contribution is -2.25. The summed E-state index contributed by atoms with van der Waals surface area (Å²) >= 11 is 0. The smallest absolute Gasteiger partial charge is 0.339 e. The molecule has 0 radical (unpaired) electrons. The van der Waals surface area contributed by atoms with Gasteiger partial charge in [0.05, 0.1) is 18.5 Å². The predicted molar refractivity (Wildman–Crippen MR) is 60.8 cm³/mol. The first kappa shape index (κ1) is 12.3. The third-order valence-corrected chi connectivity index (χ3v) is 2.11. The molecule has 6 heteroatoms. The van der Waals surface area contributed by atoms with E-state index in [-0.39, 0.29) is 5.56 Å². The van der Waals surface area contributed by atoms with Crippen LogP contribution in [-0.4, -0.2) is 43.4 Å². The molecule has 88 valence electrons. The van der Waals surface area contributed by atoms with Gasteiger partial charge in [-0.1, -0.05) is 0 Å². The number of likely N-dealkylation sites (N-methyl/N-ethyl adjacent to an activating group) is 1. The number of carbonyl (C=O) groups is 1. The average molecular weight is 225 g/mol. The lowest BCUT2D eigenvalue weighted by molar-refractivity contribution is 0.0697. The van der Waals surface area contributed by atoms with Gasteiger partial charge in [-0.25, -0.2) is 9.78 Å². The Hall–Kier alpha value is -1.82. The fourth-order valence-electron chi connectivity index (χ4n) is 1.27. The number of carboxylic acids is 1. The van der Waals surface area contributed by atoms with Gasteiger partial charge in [0.2, 0.25) is 0 Å². The van der Waals surface area contributed by atoms with Crippen LogP contribution in [0.2, 0.25) is 0 Å². The van der Waals surface area contributed by atoms with E-state index in [2.05, 4.69) is 4.98 Å². The summed E-state index contributed by atoms with van der Waals surface area (Å²) in [6.07, 6.45) is 1.44. The van der Waals surface area contributed by atoms with Crippen molar-refractivity contribution in [1.29, 1.82) is 0 Å². The highest BCUT2D eigenvalue weighted by Gasteiger charge is 2.15. The van der Waals surface area contributed by atoms with Gasteiger partial charge in [0.15, 0.2) is 0 Å². The van der Waals surface area contributed by atoms with Crippen LogP contribution in [0.1, 0.15) is 10.4 Å². The van der Waals surface area contributed by atoms with Crippen molar-refractivity contribution in [2.75, 3.05) is 37.9 Å². The Bertz CT molecular complexity index is 382. The number of carboxylic acid groups (broad SMARTS) is 1. The summed E-state index contributed by atoms with van der Waals surface area (Å²) < 4.78 is 4.92. The molecule has 0 aliphatic rings. The molecule has 1 rings (SSSR count). The van der Waals surface area contributed by atoms with Gasteiger partial charge in [-0.2, -0.15) is 0 Å². The minimum absolute atomic E-state index is 0.0959. The number of methoxy groups -OCH3 is 1. The molecule has 0 aliphatic heterocycles. The molecule has 0 spiro atoms. The molecule has 0 fully saturated rings. The maximum atomic E-state index is 11.0. The topological polar surface area (TPSA) is 88.7 Å². The van der Waals surface area contributed by atoms with Crippen LogP contribution in [0, 0.1) is 0 Å². The Morgan fingerprint density at radius 2 is 2.38 bits per heavy atom. The molecule has 16 heavy (non-hydrogen) atoms. The second-order valence-electron chi connectivity index (χ2n) is 3.36. The van der Waals surface area contributed by atoms with Crippen molar-refractivity contribution in [2.24, 2.45) is 0 Å². The maximum Gasteiger partial charge on any atom is 0.339 e. The van der Waals surface area contributed by atoms with Gasteiger partial charge in [0, 0.05) is 20.7 Å². The minimum Gasteiger partial charge on any atom is -0.478 e. The molecule has 6 nitrogen and oxygen atoms in total. The van der Waals surface area contributed by atoms with E-state index in [1.807, 2.05) is 0 Å². The van der Waals surface area contributed by atoms with Crippen LogP contribution in [0.15, 0.2) is 12.3 Å². The Kier molecular flexibility index (Phi) is 4.07. The number of aromatic carboxylic acids is 1. The Balaban J connectivity index is 2.98. The van der Waals surface area contributed by atoms with Crippen LogP contribution in [-0.2, 0) is 4.74 Å². The molecule has 0 bridgehead atoms. The van der Waals surface area contributed by atoms with Gasteiger partial charge in [-0.15, -0.1) is 0 Å². The van der Waals surface area contributed by atoms with E-state index in [4.69, 9.17) is 15.6 Å². The quantitative estimate of drug-likeness (QED) is 0.756. The second kappa shape index (κ2) is 5.32. The molecule has 0 saturated carbocycles. The number of nitrogen functional groups attached to an aromatic ring is 1. The SMILES string of the molecule is COCCN(C)c1ncc(N)cc1C(=O)O. The van der Waals surface area contributed by atoms with Crippen molar-refractivity contribution in [2.45, 2.75) is 0 Å². The molecule has 1 aromatic heterocycles. The summed E-state index contributed by atoms with van der Waals surface area (Å²) in [4.78, 5) is 16.7. The van der Waals surface area contributed by atoms with Crippen LogP contribution in [0.25, 0.3) is 0 Å². The first-order valence-electron chi connectivity index (χ1n) is 4.75. The zero-order valence-corrected chi connectivity index (χ0v) is 9.30. The number of pyridine rings is 1. The largest absolute Gasteiger partial charge is 0.478 e. The van der Waals surface area contributed by atoms with E-state index >= 15 is 0 Å². The van der Waals surface area contributed by atoms with E-state index in [0.29, 0.717) is 24.7 Å². The number of hydrogen-bond donors (Lipinski definition) is 2. The summed E-state index contributed by atoms with van der Waals surface area (Å²) in [5.41, 5.74) is 5.93. The van der Waals surface area contributed by atoms with Crippen molar-refractivity contribution in [1.82, 2.24) is 4.98 Å². The van der Waals surface area contributed by atoms with Gasteiger partial charge in [0.25, 0.3) is 0 Å². The van der Waals surface area contributed by atoms with Crippen molar-refractivity contribution >= 4 is 17.5 Å². The van der Waals surface area contributed by atoms with Crippen LogP contribution < -0.4 is 10.6 Å². The molecular weight excluding hydrogens is 210 g/mol. The van der Waals surface area contributed by atoms with E-state index in [0.717, 1.165) is 0 Å². The minimum atomic E-state index is -1.04.